The van der Waals surface area contributed by atoms with Crippen molar-refractivity contribution in [3.05, 3.63) is 70.8 Å². The molecule has 0 radical (unpaired) electrons. The Morgan fingerprint density at radius 3 is 1.00 bits per heavy atom. The summed E-state index contributed by atoms with van der Waals surface area (Å²) in [5, 5.41) is 0. The van der Waals surface area contributed by atoms with Crippen LogP contribution >= 0.6 is 0 Å². The van der Waals surface area contributed by atoms with Gasteiger partial charge in [-0.05, 0) is 85.5 Å². The fourth-order valence-corrected chi connectivity index (χ4v) is 8.84. The highest BCUT2D eigenvalue weighted by atomic mass is 16.5. The second-order valence-corrected chi connectivity index (χ2v) is 16.9. The van der Waals surface area contributed by atoms with Gasteiger partial charge >= 0.3 is 0 Å². The van der Waals surface area contributed by atoms with Crippen LogP contribution in [0.2, 0.25) is 0 Å². The van der Waals surface area contributed by atoms with E-state index < -0.39 is 0 Å². The molecule has 2 unspecified atom stereocenters. The fraction of sp³-hybridized carbons (Fsp3) is 0.750. The molecule has 4 rings (SSSR count). The van der Waals surface area contributed by atoms with E-state index in [1.165, 1.54) is 176 Å². The van der Waals surface area contributed by atoms with Crippen molar-refractivity contribution >= 4 is 0 Å². The molecule has 2 aromatic carbocycles. The van der Waals surface area contributed by atoms with Crippen molar-refractivity contribution < 1.29 is 9.47 Å². The molecule has 282 valence electrons. The smallest absolute Gasteiger partial charge is 0.0810 e. The van der Waals surface area contributed by atoms with E-state index in [2.05, 4.69) is 76.2 Å². The third-order valence-electron chi connectivity index (χ3n) is 12.8. The first-order valence-corrected chi connectivity index (χ1v) is 21.9. The van der Waals surface area contributed by atoms with E-state index in [-0.39, 0.29) is 12.2 Å². The van der Waals surface area contributed by atoms with E-state index in [9.17, 15) is 0 Å². The Kier molecular flexibility index (Phi) is 20.2. The normalized spacial score (nSPS) is 22.4. The lowest BCUT2D eigenvalue weighted by atomic mass is 9.78. The van der Waals surface area contributed by atoms with Gasteiger partial charge in [0.1, 0.15) is 0 Å². The second kappa shape index (κ2) is 24.6. The predicted molar refractivity (Wildman–Crippen MR) is 216 cm³/mol. The van der Waals surface area contributed by atoms with Crippen LogP contribution in [0, 0.1) is 23.7 Å². The van der Waals surface area contributed by atoms with Gasteiger partial charge in [-0.1, -0.05) is 191 Å². The van der Waals surface area contributed by atoms with Gasteiger partial charge in [-0.3, -0.25) is 0 Å². The van der Waals surface area contributed by atoms with Gasteiger partial charge < -0.3 is 9.47 Å². The molecular weight excluding hydrogens is 609 g/mol. The lowest BCUT2D eigenvalue weighted by molar-refractivity contribution is -0.0687. The molecule has 0 saturated heterocycles. The summed E-state index contributed by atoms with van der Waals surface area (Å²) >= 11 is 0. The minimum absolute atomic E-state index is 0.0523. The minimum Gasteiger partial charge on any atom is -0.371 e. The summed E-state index contributed by atoms with van der Waals surface area (Å²) in [6, 6.07) is 18.3. The molecule has 2 aliphatic rings. The minimum atomic E-state index is 0.0523. The van der Waals surface area contributed by atoms with Crippen molar-refractivity contribution in [1.29, 1.82) is 0 Å². The summed E-state index contributed by atoms with van der Waals surface area (Å²) in [5.74, 6) is 4.06. The Morgan fingerprint density at radius 2 is 0.700 bits per heavy atom. The van der Waals surface area contributed by atoms with Crippen LogP contribution in [0.25, 0.3) is 0 Å². The van der Waals surface area contributed by atoms with Crippen molar-refractivity contribution in [2.75, 3.05) is 0 Å². The first-order valence-electron chi connectivity index (χ1n) is 21.9. The summed E-state index contributed by atoms with van der Waals surface area (Å²) in [4.78, 5) is 0. The molecule has 0 bridgehead atoms. The van der Waals surface area contributed by atoms with Gasteiger partial charge in [-0.25, -0.2) is 0 Å². The molecule has 2 nitrogen and oxygen atoms in total. The topological polar surface area (TPSA) is 18.5 Å². The quantitative estimate of drug-likeness (QED) is 0.0968. The predicted octanol–water partition coefficient (Wildman–Crippen LogP) is 14.4. The molecule has 2 heteroatoms. The zero-order chi connectivity index (χ0) is 35.2. The largest absolute Gasteiger partial charge is 0.371 e. The number of hydrogen-bond acceptors (Lipinski definition) is 2. The molecule has 0 aromatic heterocycles. The highest BCUT2D eigenvalue weighted by Gasteiger charge is 2.21. The summed E-state index contributed by atoms with van der Waals surface area (Å²) < 4.78 is 12.5. The maximum Gasteiger partial charge on any atom is 0.0810 e. The van der Waals surface area contributed by atoms with Crippen LogP contribution < -0.4 is 0 Å². The highest BCUT2D eigenvalue weighted by Crippen LogP contribution is 2.36. The van der Waals surface area contributed by atoms with Crippen LogP contribution in [-0.2, 0) is 35.5 Å². The Balaban J connectivity index is 1.00. The maximum atomic E-state index is 6.24. The zero-order valence-electron chi connectivity index (χ0n) is 33.3. The summed E-state index contributed by atoms with van der Waals surface area (Å²) in [7, 11) is 0. The van der Waals surface area contributed by atoms with Crippen molar-refractivity contribution in [3.63, 3.8) is 0 Å². The molecule has 50 heavy (non-hydrogen) atoms. The molecule has 0 aliphatic heterocycles. The molecule has 0 N–H and O–H groups in total. The van der Waals surface area contributed by atoms with Crippen LogP contribution in [-0.4, -0.2) is 12.2 Å². The first-order chi connectivity index (χ1) is 24.5. The van der Waals surface area contributed by atoms with Gasteiger partial charge in [0.15, 0.2) is 0 Å². The van der Waals surface area contributed by atoms with Gasteiger partial charge in [0, 0.05) is 0 Å². The van der Waals surface area contributed by atoms with E-state index in [1.54, 1.807) is 0 Å². The van der Waals surface area contributed by atoms with Crippen LogP contribution in [0.15, 0.2) is 48.5 Å². The molecule has 0 heterocycles. The fourth-order valence-electron chi connectivity index (χ4n) is 8.84. The van der Waals surface area contributed by atoms with Crippen molar-refractivity contribution in [2.24, 2.45) is 23.7 Å². The van der Waals surface area contributed by atoms with Gasteiger partial charge in [0.05, 0.1) is 25.4 Å². The van der Waals surface area contributed by atoms with Crippen molar-refractivity contribution in [1.82, 2.24) is 0 Å². The van der Waals surface area contributed by atoms with E-state index >= 15 is 0 Å². The maximum absolute atomic E-state index is 6.24. The number of rotatable bonds is 25. The first kappa shape index (κ1) is 41.1. The van der Waals surface area contributed by atoms with E-state index in [0.29, 0.717) is 13.2 Å². The summed E-state index contributed by atoms with van der Waals surface area (Å²) in [6.45, 7) is 10.2. The SMILES string of the molecule is CCCCCC1CCC(CCCCc2ccc(COC(C)C(C)OCc3ccc(CCCCC4CCC(CCCCC)CC4)cc3)cc2)CC1. The van der Waals surface area contributed by atoms with Gasteiger partial charge in [0.25, 0.3) is 0 Å². The van der Waals surface area contributed by atoms with E-state index in [4.69, 9.17) is 9.47 Å². The lowest BCUT2D eigenvalue weighted by Gasteiger charge is -2.28. The lowest BCUT2D eigenvalue weighted by Crippen LogP contribution is -2.26. The summed E-state index contributed by atoms with van der Waals surface area (Å²) in [6.07, 6.45) is 34.2. The Hall–Kier alpha value is -1.64. The van der Waals surface area contributed by atoms with Crippen molar-refractivity contribution in [2.45, 2.75) is 207 Å². The molecule has 0 amide bonds. The number of aryl methyl sites for hydroxylation is 2. The van der Waals surface area contributed by atoms with Gasteiger partial charge in [0.2, 0.25) is 0 Å². The number of ether oxygens (including phenoxy) is 2. The summed E-state index contributed by atoms with van der Waals surface area (Å²) in [5.41, 5.74) is 5.44. The van der Waals surface area contributed by atoms with Crippen LogP contribution in [0.3, 0.4) is 0 Å². The van der Waals surface area contributed by atoms with E-state index in [1.807, 2.05) is 0 Å². The number of benzene rings is 2. The molecule has 2 fully saturated rings. The molecule has 2 saturated carbocycles. The third-order valence-corrected chi connectivity index (χ3v) is 12.8. The van der Waals surface area contributed by atoms with Gasteiger partial charge in [-0.2, -0.15) is 0 Å². The molecule has 2 aliphatic carbocycles. The second-order valence-electron chi connectivity index (χ2n) is 16.9. The monoisotopic (exact) mass is 687 g/mol. The average molecular weight is 687 g/mol. The Labute approximate surface area is 310 Å². The average Bonchev–Trinajstić information content (AvgIpc) is 3.15. The van der Waals surface area contributed by atoms with Crippen LogP contribution in [0.4, 0.5) is 0 Å². The third kappa shape index (κ3) is 16.4. The van der Waals surface area contributed by atoms with Crippen LogP contribution in [0.1, 0.15) is 191 Å². The molecule has 2 aromatic rings. The van der Waals surface area contributed by atoms with E-state index in [0.717, 1.165) is 23.7 Å². The Morgan fingerprint density at radius 1 is 0.420 bits per heavy atom. The van der Waals surface area contributed by atoms with Gasteiger partial charge in [-0.15, -0.1) is 0 Å². The van der Waals surface area contributed by atoms with Crippen molar-refractivity contribution in [3.8, 4) is 0 Å². The zero-order valence-corrected chi connectivity index (χ0v) is 33.3. The Bertz CT molecular complexity index is 1000. The molecular formula is C48H78O2. The highest BCUT2D eigenvalue weighted by molar-refractivity contribution is 5.23. The molecule has 2 atom stereocenters. The molecule has 0 spiro atoms. The number of hydrogen-bond donors (Lipinski definition) is 0. The van der Waals surface area contributed by atoms with Crippen LogP contribution in [0.5, 0.6) is 0 Å². The standard InChI is InChI=1S/C48H78O2/c1-5-7-9-15-41-21-25-43(26-22-41)17-11-13-19-45-29-33-47(34-30-45)37-49-39(3)40(4)50-38-48-35-31-46(32-36-48)20-14-12-18-44-27-23-42(24-28-44)16-10-8-6-2/h29-36,39-44H,5-28,37-38H2,1-4H3. The number of unbranched alkanes of at least 4 members (excludes halogenated alkanes) is 6.